The first-order chi connectivity index (χ1) is 7.41. The fraction of sp³-hybridized carbons (Fsp3) is 0.250. The summed E-state index contributed by atoms with van der Waals surface area (Å²) in [6.07, 6.45) is 1.46. The Kier molecular flexibility index (Phi) is 5.95. The molecule has 16 heavy (non-hydrogen) atoms. The van der Waals surface area contributed by atoms with Gasteiger partial charge < -0.3 is 20.9 Å². The fourth-order valence-corrected chi connectivity index (χ4v) is 0.517. The molecular formula is C8H10N2O6. The van der Waals surface area contributed by atoms with Crippen molar-refractivity contribution in [3.05, 3.63) is 12.2 Å². The summed E-state index contributed by atoms with van der Waals surface area (Å²) in [5.74, 6) is -3.51. The highest BCUT2D eigenvalue weighted by Crippen LogP contribution is 1.85. The first-order valence-electron chi connectivity index (χ1n) is 4.00. The minimum absolute atomic E-state index is 0.584. The van der Waals surface area contributed by atoms with Crippen molar-refractivity contribution in [3.8, 4) is 0 Å². The van der Waals surface area contributed by atoms with Gasteiger partial charge in [-0.3, -0.25) is 9.59 Å². The van der Waals surface area contributed by atoms with Gasteiger partial charge in [0, 0.05) is 12.2 Å². The van der Waals surface area contributed by atoms with Crippen LogP contribution in [0.2, 0.25) is 0 Å². The average molecular weight is 230 g/mol. The van der Waals surface area contributed by atoms with Crippen LogP contribution >= 0.6 is 0 Å². The number of carbonyl (C=O) groups excluding carboxylic acids is 4. The summed E-state index contributed by atoms with van der Waals surface area (Å²) < 4.78 is 8.56. The maximum absolute atomic E-state index is 10.8. The summed E-state index contributed by atoms with van der Waals surface area (Å²) in [4.78, 5) is 41.9. The third-order valence-electron chi connectivity index (χ3n) is 1.07. The van der Waals surface area contributed by atoms with E-state index in [1.807, 2.05) is 0 Å². The van der Waals surface area contributed by atoms with Crippen molar-refractivity contribution >= 4 is 23.8 Å². The Morgan fingerprint density at radius 2 is 1.12 bits per heavy atom. The average Bonchev–Trinajstić information content (AvgIpc) is 2.20. The van der Waals surface area contributed by atoms with Crippen LogP contribution in [0.3, 0.4) is 0 Å². The van der Waals surface area contributed by atoms with Gasteiger partial charge in [0.25, 0.3) is 11.8 Å². The Hall–Kier alpha value is -2.38. The van der Waals surface area contributed by atoms with Crippen LogP contribution in [0.4, 0.5) is 0 Å². The van der Waals surface area contributed by atoms with E-state index in [0.717, 1.165) is 12.2 Å². The second-order valence-corrected chi connectivity index (χ2v) is 2.48. The van der Waals surface area contributed by atoms with Crippen LogP contribution in [0.15, 0.2) is 12.2 Å². The molecule has 0 rings (SSSR count). The molecule has 0 unspecified atom stereocenters. The van der Waals surface area contributed by atoms with Crippen molar-refractivity contribution < 1.29 is 28.7 Å². The largest absolute Gasteiger partial charge is 0.452 e. The SMILES string of the molecule is NC(=O)COC(=O)/C=C/C(=O)OCC(N)=O. The Labute approximate surface area is 90.2 Å². The number of carbonyl (C=O) groups is 4. The molecule has 0 radical (unpaired) electrons. The van der Waals surface area contributed by atoms with E-state index in [2.05, 4.69) is 9.47 Å². The standard InChI is InChI=1S/C8H10N2O6/c9-5(11)3-15-7(13)1-2-8(14)16-4-6(10)12/h1-2H,3-4H2,(H2,9,11)(H2,10,12)/b2-1+. The molecule has 0 saturated heterocycles. The summed E-state index contributed by atoms with van der Waals surface area (Å²) in [5, 5.41) is 0. The van der Waals surface area contributed by atoms with E-state index in [1.165, 1.54) is 0 Å². The molecule has 0 spiro atoms. The molecule has 2 amide bonds. The van der Waals surface area contributed by atoms with E-state index in [4.69, 9.17) is 11.5 Å². The summed E-state index contributed by atoms with van der Waals surface area (Å²) in [7, 11) is 0. The molecular weight excluding hydrogens is 220 g/mol. The zero-order chi connectivity index (χ0) is 12.6. The molecule has 0 bridgehead atoms. The maximum Gasteiger partial charge on any atom is 0.331 e. The molecule has 4 N–H and O–H groups in total. The second kappa shape index (κ2) is 6.98. The van der Waals surface area contributed by atoms with E-state index >= 15 is 0 Å². The van der Waals surface area contributed by atoms with E-state index < -0.39 is 37.0 Å². The highest BCUT2D eigenvalue weighted by molar-refractivity contribution is 5.93. The number of primary amides is 2. The zero-order valence-corrected chi connectivity index (χ0v) is 8.17. The van der Waals surface area contributed by atoms with E-state index in [9.17, 15) is 19.2 Å². The number of hydrogen-bond donors (Lipinski definition) is 2. The first-order valence-corrected chi connectivity index (χ1v) is 4.00. The number of esters is 2. The summed E-state index contributed by atoms with van der Waals surface area (Å²) in [6.45, 7) is -1.17. The fourth-order valence-electron chi connectivity index (χ4n) is 0.517. The first kappa shape index (κ1) is 13.6. The van der Waals surface area contributed by atoms with Crippen LogP contribution in [0, 0.1) is 0 Å². The van der Waals surface area contributed by atoms with Crippen LogP contribution < -0.4 is 11.5 Å². The molecule has 0 saturated carbocycles. The van der Waals surface area contributed by atoms with E-state index in [-0.39, 0.29) is 0 Å². The Bertz CT molecular complexity index is 303. The summed E-state index contributed by atoms with van der Waals surface area (Å²) in [5.41, 5.74) is 9.39. The Balaban J connectivity index is 3.88. The van der Waals surface area contributed by atoms with Gasteiger partial charge >= 0.3 is 11.9 Å². The lowest BCUT2D eigenvalue weighted by Crippen LogP contribution is -2.21. The Morgan fingerprint density at radius 1 is 0.812 bits per heavy atom. The topological polar surface area (TPSA) is 139 Å². The molecule has 0 heterocycles. The quantitative estimate of drug-likeness (QED) is 0.385. The number of rotatable bonds is 6. The molecule has 0 aliphatic heterocycles. The lowest BCUT2D eigenvalue weighted by atomic mass is 10.5. The van der Waals surface area contributed by atoms with Crippen molar-refractivity contribution in [1.82, 2.24) is 0 Å². The van der Waals surface area contributed by atoms with Crippen molar-refractivity contribution in [3.63, 3.8) is 0 Å². The smallest absolute Gasteiger partial charge is 0.331 e. The Morgan fingerprint density at radius 3 is 1.38 bits per heavy atom. The maximum atomic E-state index is 10.8. The van der Waals surface area contributed by atoms with Gasteiger partial charge in [0.2, 0.25) is 0 Å². The lowest BCUT2D eigenvalue weighted by molar-refractivity contribution is -0.144. The van der Waals surface area contributed by atoms with Gasteiger partial charge in [0.1, 0.15) is 0 Å². The molecule has 8 heteroatoms. The highest BCUT2D eigenvalue weighted by Gasteiger charge is 2.03. The minimum atomic E-state index is -0.935. The van der Waals surface area contributed by atoms with Gasteiger partial charge in [0.15, 0.2) is 13.2 Å². The summed E-state index contributed by atoms with van der Waals surface area (Å²) >= 11 is 0. The van der Waals surface area contributed by atoms with E-state index in [1.54, 1.807) is 0 Å². The number of nitrogens with two attached hydrogens (primary N) is 2. The third-order valence-corrected chi connectivity index (χ3v) is 1.07. The normalized spacial score (nSPS) is 9.75. The van der Waals surface area contributed by atoms with Crippen molar-refractivity contribution in [2.45, 2.75) is 0 Å². The van der Waals surface area contributed by atoms with Gasteiger partial charge in [-0.2, -0.15) is 0 Å². The highest BCUT2D eigenvalue weighted by atomic mass is 16.5. The van der Waals surface area contributed by atoms with Crippen molar-refractivity contribution in [2.75, 3.05) is 13.2 Å². The third kappa shape index (κ3) is 8.23. The van der Waals surface area contributed by atoms with Crippen LogP contribution in [0.5, 0.6) is 0 Å². The number of hydrogen-bond acceptors (Lipinski definition) is 6. The molecule has 0 aromatic carbocycles. The number of amides is 2. The monoisotopic (exact) mass is 230 g/mol. The molecule has 88 valence electrons. The van der Waals surface area contributed by atoms with Crippen molar-refractivity contribution in [2.24, 2.45) is 11.5 Å². The molecule has 8 nitrogen and oxygen atoms in total. The van der Waals surface area contributed by atoms with Crippen LogP contribution in [0.1, 0.15) is 0 Å². The summed E-state index contributed by atoms with van der Waals surface area (Å²) in [6, 6.07) is 0. The minimum Gasteiger partial charge on any atom is -0.452 e. The predicted molar refractivity (Wildman–Crippen MR) is 49.4 cm³/mol. The van der Waals surface area contributed by atoms with Gasteiger partial charge in [-0.1, -0.05) is 0 Å². The van der Waals surface area contributed by atoms with Gasteiger partial charge in [-0.25, -0.2) is 9.59 Å². The van der Waals surface area contributed by atoms with Crippen molar-refractivity contribution in [1.29, 1.82) is 0 Å². The number of ether oxygens (including phenoxy) is 2. The second-order valence-electron chi connectivity index (χ2n) is 2.48. The van der Waals surface area contributed by atoms with Crippen LogP contribution in [-0.2, 0) is 28.7 Å². The molecule has 0 atom stereocenters. The molecule has 0 aromatic rings. The lowest BCUT2D eigenvalue weighted by Gasteiger charge is -1.97. The molecule has 0 aliphatic carbocycles. The molecule has 0 aliphatic rings. The van der Waals surface area contributed by atoms with E-state index in [0.29, 0.717) is 0 Å². The van der Waals surface area contributed by atoms with Gasteiger partial charge in [-0.15, -0.1) is 0 Å². The van der Waals surface area contributed by atoms with Gasteiger partial charge in [0.05, 0.1) is 0 Å². The molecule has 0 fully saturated rings. The van der Waals surface area contributed by atoms with Gasteiger partial charge in [-0.05, 0) is 0 Å². The predicted octanol–water partition coefficient (Wildman–Crippen LogP) is -2.40. The molecule has 0 aromatic heterocycles. The van der Waals surface area contributed by atoms with Crippen LogP contribution in [0.25, 0.3) is 0 Å². The zero-order valence-electron chi connectivity index (χ0n) is 8.17. The van der Waals surface area contributed by atoms with Crippen LogP contribution in [-0.4, -0.2) is 37.0 Å².